The van der Waals surface area contributed by atoms with Gasteiger partial charge in [0.1, 0.15) is 6.10 Å². The van der Waals surface area contributed by atoms with E-state index in [9.17, 15) is 25.2 Å². The van der Waals surface area contributed by atoms with Crippen LogP contribution in [0.5, 0.6) is 0 Å². The first-order valence-electron chi connectivity index (χ1n) is 15.1. The molecule has 0 amide bonds. The molecule has 2 bridgehead atoms. The first-order valence-corrected chi connectivity index (χ1v) is 15.1. The fourth-order valence-corrected chi connectivity index (χ4v) is 11.5. The van der Waals surface area contributed by atoms with E-state index in [1.807, 2.05) is 13.0 Å². The lowest BCUT2D eigenvalue weighted by Gasteiger charge is -2.71. The minimum absolute atomic E-state index is 0.0566. The van der Waals surface area contributed by atoms with E-state index in [-0.39, 0.29) is 51.8 Å². The van der Waals surface area contributed by atoms with Gasteiger partial charge < -0.3 is 20.4 Å². The van der Waals surface area contributed by atoms with Crippen molar-refractivity contribution in [2.75, 3.05) is 6.61 Å². The normalized spacial score (nSPS) is 57.5. The SMILES string of the molecule is C[C@]12CCC#C[C@H](O)[C@]3(CC1)[C@H](C2)C1=CC(=O)[C@@H]2[C@@]4(C)CC[C@H](O)[C@@](C)(CO)[C@H]4CC[C@@]2(C)[C@]1(C)C[C@@H]3O. The highest BCUT2D eigenvalue weighted by Crippen LogP contribution is 2.75. The molecule has 5 heteroatoms. The van der Waals surface area contributed by atoms with Crippen molar-refractivity contribution in [1.82, 2.24) is 0 Å². The molecule has 210 valence electrons. The highest BCUT2D eigenvalue weighted by molar-refractivity contribution is 5.95. The summed E-state index contributed by atoms with van der Waals surface area (Å²) in [6.07, 6.45) is 7.68. The molecule has 0 aromatic carbocycles. The summed E-state index contributed by atoms with van der Waals surface area (Å²) in [5.74, 6) is 6.27. The fraction of sp³-hybridized carbons (Fsp3) is 0.848. The molecule has 0 saturated heterocycles. The summed E-state index contributed by atoms with van der Waals surface area (Å²) in [6.45, 7) is 11.1. The zero-order valence-electron chi connectivity index (χ0n) is 24.0. The summed E-state index contributed by atoms with van der Waals surface area (Å²) >= 11 is 0. The molecular weight excluding hydrogens is 476 g/mol. The zero-order valence-corrected chi connectivity index (χ0v) is 24.0. The maximum Gasteiger partial charge on any atom is 0.159 e. The van der Waals surface area contributed by atoms with Crippen molar-refractivity contribution in [1.29, 1.82) is 0 Å². The second kappa shape index (κ2) is 8.19. The summed E-state index contributed by atoms with van der Waals surface area (Å²) in [5.41, 5.74) is -1.17. The maximum absolute atomic E-state index is 14.5. The zero-order chi connectivity index (χ0) is 27.5. The average molecular weight is 525 g/mol. The maximum atomic E-state index is 14.5. The summed E-state index contributed by atoms with van der Waals surface area (Å²) in [5, 5.41) is 45.0. The van der Waals surface area contributed by atoms with E-state index in [2.05, 4.69) is 39.5 Å². The molecular formula is C33H48O5. The van der Waals surface area contributed by atoms with Crippen molar-refractivity contribution < 1.29 is 25.2 Å². The quantitative estimate of drug-likeness (QED) is 0.381. The molecule has 12 atom stereocenters. The van der Waals surface area contributed by atoms with E-state index in [0.29, 0.717) is 12.8 Å². The molecule has 0 aliphatic heterocycles. The number of ketones is 1. The number of hydrogen-bond acceptors (Lipinski definition) is 5. The van der Waals surface area contributed by atoms with E-state index >= 15 is 0 Å². The largest absolute Gasteiger partial charge is 0.396 e. The van der Waals surface area contributed by atoms with Crippen LogP contribution in [0.2, 0.25) is 0 Å². The molecule has 0 aromatic rings. The number of aliphatic hydroxyl groups is 4. The molecule has 0 radical (unpaired) electrons. The van der Waals surface area contributed by atoms with Gasteiger partial charge in [-0.25, -0.2) is 0 Å². The predicted molar refractivity (Wildman–Crippen MR) is 146 cm³/mol. The smallest absolute Gasteiger partial charge is 0.159 e. The molecule has 0 unspecified atom stereocenters. The molecule has 0 heterocycles. The van der Waals surface area contributed by atoms with Gasteiger partial charge in [-0.3, -0.25) is 4.79 Å². The summed E-state index contributed by atoms with van der Waals surface area (Å²) in [6, 6.07) is 0. The Labute approximate surface area is 228 Å². The Hall–Kier alpha value is -1.19. The number of rotatable bonds is 1. The summed E-state index contributed by atoms with van der Waals surface area (Å²) in [4.78, 5) is 14.5. The number of fused-ring (bicyclic) bond motifs is 9. The first-order chi connectivity index (χ1) is 17.7. The van der Waals surface area contributed by atoms with Gasteiger partial charge in [-0.15, -0.1) is 5.92 Å². The highest BCUT2D eigenvalue weighted by atomic mass is 16.3. The molecule has 4 saturated carbocycles. The third kappa shape index (κ3) is 3.07. The van der Waals surface area contributed by atoms with Gasteiger partial charge in [0, 0.05) is 23.2 Å². The van der Waals surface area contributed by atoms with Crippen LogP contribution in [0.4, 0.5) is 0 Å². The van der Waals surface area contributed by atoms with Crippen LogP contribution in [0.15, 0.2) is 11.6 Å². The lowest BCUT2D eigenvalue weighted by atomic mass is 9.32. The number of hydrogen-bond donors (Lipinski definition) is 4. The Bertz CT molecular complexity index is 1130. The van der Waals surface area contributed by atoms with E-state index in [1.54, 1.807) is 0 Å². The van der Waals surface area contributed by atoms with Crippen molar-refractivity contribution in [3.63, 3.8) is 0 Å². The Morgan fingerprint density at radius 3 is 2.37 bits per heavy atom. The molecule has 4 fully saturated rings. The van der Waals surface area contributed by atoms with Gasteiger partial charge in [-0.2, -0.15) is 0 Å². The molecule has 7 rings (SSSR count). The second-order valence-corrected chi connectivity index (χ2v) is 15.6. The number of aliphatic hydroxyl groups excluding tert-OH is 4. The summed E-state index contributed by atoms with van der Waals surface area (Å²) in [7, 11) is 0. The van der Waals surface area contributed by atoms with Gasteiger partial charge in [0.2, 0.25) is 0 Å². The number of allylic oxidation sites excluding steroid dienone is 2. The lowest BCUT2D eigenvalue weighted by molar-refractivity contribution is -0.226. The van der Waals surface area contributed by atoms with Crippen LogP contribution >= 0.6 is 0 Å². The fourth-order valence-electron chi connectivity index (χ4n) is 11.5. The van der Waals surface area contributed by atoms with Crippen LogP contribution in [0.3, 0.4) is 0 Å². The van der Waals surface area contributed by atoms with Crippen LogP contribution in [0.1, 0.15) is 98.8 Å². The van der Waals surface area contributed by atoms with E-state index in [4.69, 9.17) is 0 Å². The average Bonchev–Trinajstić information content (AvgIpc) is 2.95. The van der Waals surface area contributed by atoms with Crippen molar-refractivity contribution in [3.05, 3.63) is 11.6 Å². The molecule has 1 spiro atoms. The van der Waals surface area contributed by atoms with E-state index in [1.165, 1.54) is 0 Å². The van der Waals surface area contributed by atoms with Gasteiger partial charge in [-0.05, 0) is 97.4 Å². The summed E-state index contributed by atoms with van der Waals surface area (Å²) < 4.78 is 0. The van der Waals surface area contributed by atoms with Gasteiger partial charge in [0.25, 0.3) is 0 Å². The van der Waals surface area contributed by atoms with Crippen LogP contribution in [-0.4, -0.2) is 51.1 Å². The minimum atomic E-state index is -0.894. The Morgan fingerprint density at radius 2 is 1.66 bits per heavy atom. The van der Waals surface area contributed by atoms with Gasteiger partial charge in [0.05, 0.1) is 18.8 Å². The molecule has 0 aromatic heterocycles. The highest BCUT2D eigenvalue weighted by Gasteiger charge is 2.72. The van der Waals surface area contributed by atoms with Crippen LogP contribution < -0.4 is 0 Å². The number of carbonyl (C=O) groups excluding carboxylic acids is 1. The second-order valence-electron chi connectivity index (χ2n) is 15.6. The van der Waals surface area contributed by atoms with Gasteiger partial charge in [0.15, 0.2) is 5.78 Å². The number of carbonyl (C=O) groups is 1. The van der Waals surface area contributed by atoms with E-state index < -0.39 is 29.1 Å². The van der Waals surface area contributed by atoms with Crippen LogP contribution in [-0.2, 0) is 4.79 Å². The van der Waals surface area contributed by atoms with Crippen molar-refractivity contribution in [2.45, 2.75) is 117 Å². The van der Waals surface area contributed by atoms with Crippen molar-refractivity contribution >= 4 is 5.78 Å². The molecule has 38 heavy (non-hydrogen) atoms. The van der Waals surface area contributed by atoms with Gasteiger partial charge in [-0.1, -0.05) is 46.1 Å². The third-order valence-corrected chi connectivity index (χ3v) is 14.1. The van der Waals surface area contributed by atoms with Crippen LogP contribution in [0.25, 0.3) is 0 Å². The Balaban J connectivity index is 1.51. The Morgan fingerprint density at radius 1 is 0.921 bits per heavy atom. The van der Waals surface area contributed by atoms with E-state index in [0.717, 1.165) is 56.9 Å². The molecule has 4 N–H and O–H groups in total. The van der Waals surface area contributed by atoms with Gasteiger partial charge >= 0.3 is 0 Å². The monoisotopic (exact) mass is 524 g/mol. The van der Waals surface area contributed by atoms with Crippen molar-refractivity contribution in [2.24, 2.45) is 50.2 Å². The molecule has 7 aliphatic rings. The molecule has 5 nitrogen and oxygen atoms in total. The first kappa shape index (κ1) is 27.0. The molecule has 7 aliphatic carbocycles. The lowest BCUT2D eigenvalue weighted by Crippen LogP contribution is -2.69. The minimum Gasteiger partial charge on any atom is -0.396 e. The topological polar surface area (TPSA) is 98.0 Å². The predicted octanol–water partition coefficient (Wildman–Crippen LogP) is 4.41. The standard InChI is InChI=1S/C33H48O5/c1-28-11-7-6-8-25(37)33(15-14-28)21(17-28)20-16-22(35)27-29(2)12-10-24(36)30(3,19-34)23(29)9-13-31(27,4)32(20,5)18-26(33)38/h16,21,23-27,34,36-38H,7,9-15,17-19H2,1-5H3/t21-,23+,24+,25+,26+,27-,28+,29+,30+,31-,32-,33+/m1/s1. The van der Waals surface area contributed by atoms with Crippen LogP contribution in [0, 0.1) is 62.1 Å². The third-order valence-electron chi connectivity index (χ3n) is 14.1. The van der Waals surface area contributed by atoms with Crippen molar-refractivity contribution in [3.8, 4) is 11.8 Å². The Kier molecular flexibility index (Phi) is 5.82.